The lowest BCUT2D eigenvalue weighted by molar-refractivity contribution is -0.385. The Labute approximate surface area is 167 Å². The van der Waals surface area contributed by atoms with Gasteiger partial charge in [-0.1, -0.05) is 12.1 Å². The van der Waals surface area contributed by atoms with Crippen molar-refractivity contribution in [3.8, 4) is 0 Å². The van der Waals surface area contributed by atoms with E-state index in [1.165, 1.54) is 56.5 Å². The van der Waals surface area contributed by atoms with Crippen LogP contribution in [0.25, 0.3) is 0 Å². The molecule has 1 N–H and O–H groups in total. The van der Waals surface area contributed by atoms with E-state index in [-0.39, 0.29) is 28.2 Å². The minimum atomic E-state index is -3.92. The summed E-state index contributed by atoms with van der Waals surface area (Å²) in [6.07, 6.45) is 0.899. The number of amides is 1. The zero-order chi connectivity index (χ0) is 21.8. The van der Waals surface area contributed by atoms with Gasteiger partial charge in [0.05, 0.1) is 35.1 Å². The van der Waals surface area contributed by atoms with Gasteiger partial charge in [0, 0.05) is 11.8 Å². The number of anilines is 2. The molecule has 2 aromatic carbocycles. The number of esters is 1. The molecule has 29 heavy (non-hydrogen) atoms. The van der Waals surface area contributed by atoms with Crippen molar-refractivity contribution in [3.05, 3.63) is 63.7 Å². The molecule has 0 fully saturated rings. The number of carbonyl (C=O) groups excluding carboxylic acids is 2. The van der Waals surface area contributed by atoms with Gasteiger partial charge in [0.1, 0.15) is 6.54 Å². The third-order valence-electron chi connectivity index (χ3n) is 4.00. The first kappa shape index (κ1) is 21.8. The number of sulfonamides is 1. The van der Waals surface area contributed by atoms with Crippen LogP contribution in [0, 0.1) is 17.0 Å². The molecule has 2 aromatic rings. The molecule has 0 aliphatic heterocycles. The van der Waals surface area contributed by atoms with Crippen molar-refractivity contribution in [2.75, 3.05) is 29.5 Å². The predicted molar refractivity (Wildman–Crippen MR) is 106 cm³/mol. The van der Waals surface area contributed by atoms with Crippen LogP contribution in [0.1, 0.15) is 15.9 Å². The van der Waals surface area contributed by atoms with Crippen molar-refractivity contribution in [3.63, 3.8) is 0 Å². The topological polar surface area (TPSA) is 136 Å². The Balaban J connectivity index is 2.31. The predicted octanol–water partition coefficient (Wildman–Crippen LogP) is 2.09. The van der Waals surface area contributed by atoms with E-state index in [2.05, 4.69) is 10.1 Å². The summed E-state index contributed by atoms with van der Waals surface area (Å²) in [5, 5.41) is 13.6. The highest BCUT2D eigenvalue weighted by Gasteiger charge is 2.25. The number of nitro groups is 1. The average Bonchev–Trinajstić information content (AvgIpc) is 2.65. The van der Waals surface area contributed by atoms with Crippen LogP contribution in [0.2, 0.25) is 0 Å². The van der Waals surface area contributed by atoms with Crippen LogP contribution in [0.4, 0.5) is 17.1 Å². The summed E-state index contributed by atoms with van der Waals surface area (Å²) in [7, 11) is -2.70. The number of nitrogens with zero attached hydrogens (tertiary/aromatic N) is 2. The lowest BCUT2D eigenvalue weighted by atomic mass is 10.1. The van der Waals surface area contributed by atoms with Crippen molar-refractivity contribution in [1.29, 1.82) is 0 Å². The highest BCUT2D eigenvalue weighted by molar-refractivity contribution is 7.92. The van der Waals surface area contributed by atoms with Crippen molar-refractivity contribution in [2.24, 2.45) is 0 Å². The largest absolute Gasteiger partial charge is 0.465 e. The van der Waals surface area contributed by atoms with Crippen LogP contribution in [0.3, 0.4) is 0 Å². The van der Waals surface area contributed by atoms with Gasteiger partial charge >= 0.3 is 5.97 Å². The van der Waals surface area contributed by atoms with Gasteiger partial charge in [0.15, 0.2) is 0 Å². The zero-order valence-corrected chi connectivity index (χ0v) is 16.7. The van der Waals surface area contributed by atoms with Crippen LogP contribution in [0.5, 0.6) is 0 Å². The minimum Gasteiger partial charge on any atom is -0.465 e. The molecule has 0 aliphatic rings. The van der Waals surface area contributed by atoms with Crippen molar-refractivity contribution in [2.45, 2.75) is 6.92 Å². The number of nitro benzene ring substituents is 1. The third-order valence-corrected chi connectivity index (χ3v) is 5.12. The molecule has 0 unspecified atom stereocenters. The average molecular weight is 421 g/mol. The van der Waals surface area contributed by atoms with E-state index in [0.717, 1.165) is 10.6 Å². The van der Waals surface area contributed by atoms with Gasteiger partial charge < -0.3 is 10.1 Å². The molecule has 0 saturated heterocycles. The highest BCUT2D eigenvalue weighted by Crippen LogP contribution is 2.29. The number of carbonyl (C=O) groups is 2. The molecule has 0 heterocycles. The first-order chi connectivity index (χ1) is 13.5. The molecule has 2 rings (SSSR count). The molecule has 0 aromatic heterocycles. The Hall–Kier alpha value is -3.47. The molecular formula is C18H19N3O7S. The fourth-order valence-electron chi connectivity index (χ4n) is 2.63. The molecule has 0 radical (unpaired) electrons. The summed E-state index contributed by atoms with van der Waals surface area (Å²) >= 11 is 0. The number of hydrogen-bond acceptors (Lipinski definition) is 7. The second-order valence-electron chi connectivity index (χ2n) is 6.07. The number of hydrogen-bond donors (Lipinski definition) is 1. The van der Waals surface area contributed by atoms with Gasteiger partial charge in [0.25, 0.3) is 5.69 Å². The zero-order valence-electron chi connectivity index (χ0n) is 15.9. The lowest BCUT2D eigenvalue weighted by Crippen LogP contribution is -2.38. The summed E-state index contributed by atoms with van der Waals surface area (Å²) in [6.45, 7) is 0.798. The molecule has 154 valence electrons. The van der Waals surface area contributed by atoms with E-state index >= 15 is 0 Å². The van der Waals surface area contributed by atoms with Crippen LogP contribution in [0.15, 0.2) is 42.5 Å². The summed E-state index contributed by atoms with van der Waals surface area (Å²) in [5.74, 6) is -1.28. The molecule has 0 spiro atoms. The second kappa shape index (κ2) is 8.69. The summed E-state index contributed by atoms with van der Waals surface area (Å²) in [6, 6.07) is 9.90. The summed E-state index contributed by atoms with van der Waals surface area (Å²) < 4.78 is 29.9. The van der Waals surface area contributed by atoms with E-state index in [1.54, 1.807) is 0 Å². The molecule has 0 aliphatic carbocycles. The maximum absolute atomic E-state index is 12.5. The van der Waals surface area contributed by atoms with Gasteiger partial charge in [-0.2, -0.15) is 0 Å². The van der Waals surface area contributed by atoms with Crippen LogP contribution in [-0.4, -0.2) is 45.1 Å². The molecule has 0 bridgehead atoms. The van der Waals surface area contributed by atoms with Gasteiger partial charge in [-0.25, -0.2) is 13.2 Å². The van der Waals surface area contributed by atoms with Gasteiger partial charge in [-0.05, 0) is 31.2 Å². The minimum absolute atomic E-state index is 0.0279. The van der Waals surface area contributed by atoms with Gasteiger partial charge in [-0.3, -0.25) is 19.2 Å². The van der Waals surface area contributed by atoms with E-state index in [1.807, 2.05) is 0 Å². The molecule has 1 amide bonds. The van der Waals surface area contributed by atoms with Crippen LogP contribution in [-0.2, 0) is 19.6 Å². The number of nitrogens with one attached hydrogen (secondary N) is 1. The maximum atomic E-state index is 12.5. The van der Waals surface area contributed by atoms with Crippen molar-refractivity contribution < 1.29 is 27.7 Å². The summed E-state index contributed by atoms with van der Waals surface area (Å²) in [5.41, 5.74) is 0.354. The van der Waals surface area contributed by atoms with E-state index in [9.17, 15) is 28.1 Å². The molecule has 0 saturated carbocycles. The standard InChI is InChI=1S/C18H19N3O7S/c1-12-15(8-5-9-16(12)21(24)25)20(29(3,26)27)11-17(22)19-14-7-4-6-13(10-14)18(23)28-2/h4-10H,11H2,1-3H3,(H,19,22). The number of methoxy groups -OCH3 is 1. The first-order valence-electron chi connectivity index (χ1n) is 8.24. The molecule has 11 heteroatoms. The Bertz CT molecular complexity index is 1070. The Morgan fingerprint density at radius 1 is 1.21 bits per heavy atom. The molecule has 0 atom stereocenters. The Kier molecular flexibility index (Phi) is 6.54. The third kappa shape index (κ3) is 5.29. The number of rotatable bonds is 7. The van der Waals surface area contributed by atoms with Gasteiger partial charge in [-0.15, -0.1) is 0 Å². The maximum Gasteiger partial charge on any atom is 0.337 e. The fraction of sp³-hybridized carbons (Fsp3) is 0.222. The SMILES string of the molecule is COC(=O)c1cccc(NC(=O)CN(c2cccc([N+](=O)[O-])c2C)S(C)(=O)=O)c1. The quantitative estimate of drug-likeness (QED) is 0.411. The van der Waals surface area contributed by atoms with Crippen molar-refractivity contribution >= 4 is 39.0 Å². The first-order valence-corrected chi connectivity index (χ1v) is 10.1. The number of ether oxygens (including phenoxy) is 1. The Morgan fingerprint density at radius 2 is 1.86 bits per heavy atom. The van der Waals surface area contributed by atoms with E-state index in [4.69, 9.17) is 0 Å². The fourth-order valence-corrected chi connectivity index (χ4v) is 3.54. The van der Waals surface area contributed by atoms with Gasteiger partial charge in [0.2, 0.25) is 15.9 Å². The molecular weight excluding hydrogens is 402 g/mol. The molecule has 10 nitrogen and oxygen atoms in total. The number of benzene rings is 2. The van der Waals surface area contributed by atoms with Crippen molar-refractivity contribution in [1.82, 2.24) is 0 Å². The van der Waals surface area contributed by atoms with Crippen LogP contribution < -0.4 is 9.62 Å². The van der Waals surface area contributed by atoms with E-state index < -0.39 is 33.4 Å². The highest BCUT2D eigenvalue weighted by atomic mass is 32.2. The summed E-state index contributed by atoms with van der Waals surface area (Å²) in [4.78, 5) is 34.6. The second-order valence-corrected chi connectivity index (χ2v) is 7.98. The lowest BCUT2D eigenvalue weighted by Gasteiger charge is -2.23. The van der Waals surface area contributed by atoms with Crippen LogP contribution >= 0.6 is 0 Å². The normalized spacial score (nSPS) is 10.9. The smallest absolute Gasteiger partial charge is 0.337 e. The van der Waals surface area contributed by atoms with E-state index in [0.29, 0.717) is 0 Å². The Morgan fingerprint density at radius 3 is 2.45 bits per heavy atom. The monoisotopic (exact) mass is 421 g/mol.